The van der Waals surface area contributed by atoms with Gasteiger partial charge in [-0.15, -0.1) is 0 Å². The molecule has 1 heterocycles. The van der Waals surface area contributed by atoms with Crippen molar-refractivity contribution in [2.75, 3.05) is 23.8 Å². The number of benzene rings is 2. The van der Waals surface area contributed by atoms with Gasteiger partial charge in [-0.1, -0.05) is 6.07 Å². The molecule has 0 unspecified atom stereocenters. The van der Waals surface area contributed by atoms with Crippen LogP contribution < -0.4 is 15.4 Å². The number of nitrogens with one attached hydrogen (secondary N) is 2. The molecule has 2 N–H and O–H groups in total. The Bertz CT molecular complexity index is 758. The van der Waals surface area contributed by atoms with Crippen molar-refractivity contribution in [2.24, 2.45) is 0 Å². The summed E-state index contributed by atoms with van der Waals surface area (Å²) in [4.78, 5) is 12.5. The van der Waals surface area contributed by atoms with E-state index in [9.17, 15) is 18.0 Å². The fourth-order valence-corrected chi connectivity index (χ4v) is 2.72. The number of anilines is 2. The highest BCUT2D eigenvalue weighted by molar-refractivity contribution is 6.06. The summed E-state index contributed by atoms with van der Waals surface area (Å²) >= 11 is 0. The summed E-state index contributed by atoms with van der Waals surface area (Å²) in [5.74, 6) is -0.152. The third-order valence-corrected chi connectivity index (χ3v) is 3.85. The largest absolute Gasteiger partial charge is 0.484 e. The molecular formula is C18H17F3N2O2. The zero-order valence-electron chi connectivity index (χ0n) is 13.3. The molecule has 2 aromatic rings. The molecule has 0 aliphatic carbocycles. The summed E-state index contributed by atoms with van der Waals surface area (Å²) in [6.07, 6.45) is -2.59. The summed E-state index contributed by atoms with van der Waals surface area (Å²) in [7, 11) is 0. The van der Waals surface area contributed by atoms with Crippen LogP contribution in [0, 0.1) is 0 Å². The molecule has 2 aromatic carbocycles. The molecule has 25 heavy (non-hydrogen) atoms. The zero-order chi connectivity index (χ0) is 17.9. The SMILES string of the molecule is O=C(Nc1ccc(OCC(F)(F)F)cc1)c1cccc2c1CCCN2. The highest BCUT2D eigenvalue weighted by atomic mass is 19.4. The standard InChI is InChI=1S/C18H17F3N2O2/c19-18(20,21)11-25-13-8-6-12(7-9-13)23-17(24)15-3-1-5-16-14(15)4-2-10-22-16/h1,3,5-9,22H,2,4,10-11H2,(H,23,24). The molecule has 0 bridgehead atoms. The predicted molar refractivity (Wildman–Crippen MR) is 89.2 cm³/mol. The number of fused-ring (bicyclic) bond motifs is 1. The minimum atomic E-state index is -4.38. The summed E-state index contributed by atoms with van der Waals surface area (Å²) in [5.41, 5.74) is 3.04. The van der Waals surface area contributed by atoms with Crippen LogP contribution in [0.3, 0.4) is 0 Å². The fourth-order valence-electron chi connectivity index (χ4n) is 2.72. The van der Waals surface area contributed by atoms with Gasteiger partial charge in [0.05, 0.1) is 0 Å². The molecule has 132 valence electrons. The maximum atomic E-state index is 12.5. The number of hydrogen-bond acceptors (Lipinski definition) is 3. The number of carbonyl (C=O) groups is 1. The number of alkyl halides is 3. The number of carbonyl (C=O) groups excluding carboxylic acids is 1. The molecule has 3 rings (SSSR count). The Kier molecular flexibility index (Phi) is 4.83. The van der Waals surface area contributed by atoms with Crippen molar-refractivity contribution < 1.29 is 22.7 Å². The van der Waals surface area contributed by atoms with Crippen molar-refractivity contribution in [3.05, 3.63) is 53.6 Å². The van der Waals surface area contributed by atoms with Crippen molar-refractivity contribution >= 4 is 17.3 Å². The molecule has 0 aromatic heterocycles. The maximum absolute atomic E-state index is 12.5. The van der Waals surface area contributed by atoms with Gasteiger partial charge in [0.15, 0.2) is 6.61 Å². The first-order valence-corrected chi connectivity index (χ1v) is 7.89. The van der Waals surface area contributed by atoms with E-state index in [1.54, 1.807) is 6.07 Å². The number of amides is 1. The Balaban J connectivity index is 1.67. The molecule has 1 aliphatic heterocycles. The Morgan fingerprint density at radius 3 is 2.64 bits per heavy atom. The Morgan fingerprint density at radius 2 is 1.92 bits per heavy atom. The van der Waals surface area contributed by atoms with Crippen LogP contribution in [-0.4, -0.2) is 25.2 Å². The summed E-state index contributed by atoms with van der Waals surface area (Å²) in [5, 5.41) is 6.03. The molecule has 7 heteroatoms. The highest BCUT2D eigenvalue weighted by Gasteiger charge is 2.28. The Labute approximate surface area is 143 Å². The van der Waals surface area contributed by atoms with Crippen LogP contribution in [0.1, 0.15) is 22.3 Å². The molecule has 0 spiro atoms. The van der Waals surface area contributed by atoms with Gasteiger partial charge in [0.25, 0.3) is 5.91 Å². The van der Waals surface area contributed by atoms with E-state index >= 15 is 0 Å². The summed E-state index contributed by atoms with van der Waals surface area (Å²) in [6, 6.07) is 11.3. The van der Waals surface area contributed by atoms with Gasteiger partial charge in [-0.3, -0.25) is 4.79 Å². The second-order valence-corrected chi connectivity index (χ2v) is 5.74. The summed E-state index contributed by atoms with van der Waals surface area (Å²) < 4.78 is 41.0. The smallest absolute Gasteiger partial charge is 0.422 e. The fraction of sp³-hybridized carbons (Fsp3) is 0.278. The van der Waals surface area contributed by atoms with Gasteiger partial charge in [0, 0.05) is 23.5 Å². The maximum Gasteiger partial charge on any atom is 0.422 e. The quantitative estimate of drug-likeness (QED) is 0.867. The first kappa shape index (κ1) is 17.1. The highest BCUT2D eigenvalue weighted by Crippen LogP contribution is 2.26. The van der Waals surface area contributed by atoms with Crippen LogP contribution in [0.2, 0.25) is 0 Å². The van der Waals surface area contributed by atoms with E-state index in [1.165, 1.54) is 24.3 Å². The predicted octanol–water partition coefficient (Wildman–Crippen LogP) is 4.24. The van der Waals surface area contributed by atoms with E-state index < -0.39 is 12.8 Å². The Morgan fingerprint density at radius 1 is 1.16 bits per heavy atom. The van der Waals surface area contributed by atoms with Crippen LogP contribution in [-0.2, 0) is 6.42 Å². The molecule has 0 atom stereocenters. The van der Waals surface area contributed by atoms with E-state index in [2.05, 4.69) is 15.4 Å². The Hall–Kier alpha value is -2.70. The van der Waals surface area contributed by atoms with Gasteiger partial charge in [-0.25, -0.2) is 0 Å². The number of ether oxygens (including phenoxy) is 1. The number of halogens is 3. The normalized spacial score (nSPS) is 13.6. The van der Waals surface area contributed by atoms with E-state index in [0.717, 1.165) is 30.6 Å². The van der Waals surface area contributed by atoms with Gasteiger partial charge in [0.1, 0.15) is 5.75 Å². The second kappa shape index (κ2) is 7.04. The molecule has 0 radical (unpaired) electrons. The number of rotatable bonds is 4. The van der Waals surface area contributed by atoms with Crippen LogP contribution in [0.5, 0.6) is 5.75 Å². The van der Waals surface area contributed by atoms with Crippen LogP contribution in [0.15, 0.2) is 42.5 Å². The summed E-state index contributed by atoms with van der Waals surface area (Å²) in [6.45, 7) is -0.459. The van der Waals surface area contributed by atoms with Crippen LogP contribution >= 0.6 is 0 Å². The van der Waals surface area contributed by atoms with E-state index in [4.69, 9.17) is 0 Å². The first-order valence-electron chi connectivity index (χ1n) is 7.89. The van der Waals surface area contributed by atoms with E-state index in [0.29, 0.717) is 11.3 Å². The number of hydrogen-bond donors (Lipinski definition) is 2. The molecule has 0 saturated carbocycles. The van der Waals surface area contributed by atoms with Crippen LogP contribution in [0.25, 0.3) is 0 Å². The third kappa shape index (κ3) is 4.43. The topological polar surface area (TPSA) is 50.4 Å². The monoisotopic (exact) mass is 350 g/mol. The van der Waals surface area contributed by atoms with Gasteiger partial charge in [0.2, 0.25) is 0 Å². The third-order valence-electron chi connectivity index (χ3n) is 3.85. The molecule has 0 saturated heterocycles. The zero-order valence-corrected chi connectivity index (χ0v) is 13.3. The molecule has 1 aliphatic rings. The molecule has 0 fully saturated rings. The van der Waals surface area contributed by atoms with Crippen molar-refractivity contribution in [1.29, 1.82) is 0 Å². The minimum Gasteiger partial charge on any atom is -0.484 e. The molecule has 4 nitrogen and oxygen atoms in total. The van der Waals surface area contributed by atoms with Crippen molar-refractivity contribution in [1.82, 2.24) is 0 Å². The molecular weight excluding hydrogens is 333 g/mol. The lowest BCUT2D eigenvalue weighted by Gasteiger charge is -2.20. The molecule has 1 amide bonds. The average molecular weight is 350 g/mol. The first-order chi connectivity index (χ1) is 11.9. The van der Waals surface area contributed by atoms with Crippen molar-refractivity contribution in [3.8, 4) is 5.75 Å². The van der Waals surface area contributed by atoms with E-state index in [1.807, 2.05) is 12.1 Å². The minimum absolute atomic E-state index is 0.0941. The van der Waals surface area contributed by atoms with Gasteiger partial charge in [-0.2, -0.15) is 13.2 Å². The van der Waals surface area contributed by atoms with Gasteiger partial charge >= 0.3 is 6.18 Å². The average Bonchev–Trinajstić information content (AvgIpc) is 2.60. The lowest BCUT2D eigenvalue weighted by atomic mass is 9.97. The lowest BCUT2D eigenvalue weighted by Crippen LogP contribution is -2.19. The van der Waals surface area contributed by atoms with Gasteiger partial charge in [-0.05, 0) is 54.8 Å². The van der Waals surface area contributed by atoms with E-state index in [-0.39, 0.29) is 11.7 Å². The van der Waals surface area contributed by atoms with Crippen molar-refractivity contribution in [3.63, 3.8) is 0 Å². The lowest BCUT2D eigenvalue weighted by molar-refractivity contribution is -0.153. The van der Waals surface area contributed by atoms with Gasteiger partial charge < -0.3 is 15.4 Å². The van der Waals surface area contributed by atoms with Crippen molar-refractivity contribution in [2.45, 2.75) is 19.0 Å². The van der Waals surface area contributed by atoms with Crippen LogP contribution in [0.4, 0.5) is 24.5 Å². The second-order valence-electron chi connectivity index (χ2n) is 5.74.